The minimum absolute atomic E-state index is 0.0536. The van der Waals surface area contributed by atoms with E-state index in [0.29, 0.717) is 5.56 Å². The van der Waals surface area contributed by atoms with Crippen LogP contribution in [0.2, 0.25) is 0 Å². The Kier molecular flexibility index (Phi) is 1.93. The molecule has 0 saturated carbocycles. The topological polar surface area (TPSA) is 56.7 Å². The van der Waals surface area contributed by atoms with Crippen molar-refractivity contribution in [3.05, 3.63) is 35.5 Å². The van der Waals surface area contributed by atoms with Gasteiger partial charge in [-0.3, -0.25) is 4.79 Å². The van der Waals surface area contributed by atoms with Crippen LogP contribution in [-0.4, -0.2) is 17.0 Å². The smallest absolute Gasteiger partial charge is 0.159 e. The number of H-pyrrole nitrogens is 1. The van der Waals surface area contributed by atoms with Crippen LogP contribution >= 0.6 is 0 Å². The van der Waals surface area contributed by atoms with E-state index in [1.54, 1.807) is 19.2 Å². The van der Waals surface area contributed by atoms with E-state index in [4.69, 9.17) is 5.41 Å². The molecule has 70 valence electrons. The molecule has 14 heavy (non-hydrogen) atoms. The molecule has 3 heteroatoms. The second kappa shape index (κ2) is 3.10. The summed E-state index contributed by atoms with van der Waals surface area (Å²) in [6.07, 6.45) is 3.06. The summed E-state index contributed by atoms with van der Waals surface area (Å²) in [4.78, 5) is 14.1. The van der Waals surface area contributed by atoms with Gasteiger partial charge in [0.1, 0.15) is 0 Å². The molecule has 1 heterocycles. The zero-order valence-electron chi connectivity index (χ0n) is 7.79. The zero-order valence-corrected chi connectivity index (χ0v) is 7.79. The molecule has 0 aliphatic carbocycles. The highest BCUT2D eigenvalue weighted by Crippen LogP contribution is 2.18. The zero-order chi connectivity index (χ0) is 10.1. The Morgan fingerprint density at radius 2 is 2.29 bits per heavy atom. The van der Waals surface area contributed by atoms with Gasteiger partial charge < -0.3 is 10.4 Å². The number of fused-ring (bicyclic) bond motifs is 1. The maximum Gasteiger partial charge on any atom is 0.159 e. The number of rotatable bonds is 2. The number of nitrogens with one attached hydrogen (secondary N) is 2. The molecular weight excluding hydrogens is 176 g/mol. The van der Waals surface area contributed by atoms with Gasteiger partial charge in [0.15, 0.2) is 5.78 Å². The van der Waals surface area contributed by atoms with Gasteiger partial charge in [0.05, 0.1) is 0 Å². The molecule has 2 N–H and O–H groups in total. The Morgan fingerprint density at radius 3 is 2.93 bits per heavy atom. The second-order valence-corrected chi connectivity index (χ2v) is 3.20. The number of benzene rings is 1. The highest BCUT2D eigenvalue weighted by Gasteiger charge is 2.04. The SMILES string of the molecule is CC(=O)c1ccc2c(C=N)c[nH]c2c1. The van der Waals surface area contributed by atoms with Crippen molar-refractivity contribution in [1.29, 1.82) is 5.41 Å². The van der Waals surface area contributed by atoms with Crippen molar-refractivity contribution in [3.63, 3.8) is 0 Å². The Balaban J connectivity index is 2.68. The molecule has 0 amide bonds. The summed E-state index contributed by atoms with van der Waals surface area (Å²) in [5.74, 6) is 0.0536. The molecule has 2 rings (SSSR count). The van der Waals surface area contributed by atoms with Crippen LogP contribution < -0.4 is 0 Å². The number of Topliss-reactive ketones (excluding diaryl/α,β-unsaturated/α-hetero) is 1. The first-order chi connectivity index (χ1) is 6.72. The number of carbonyl (C=O) groups excluding carboxylic acids is 1. The number of hydrogen-bond acceptors (Lipinski definition) is 2. The number of hydrogen-bond donors (Lipinski definition) is 2. The molecule has 0 radical (unpaired) electrons. The van der Waals surface area contributed by atoms with Crippen LogP contribution in [0, 0.1) is 5.41 Å². The van der Waals surface area contributed by atoms with Gasteiger partial charge in [-0.1, -0.05) is 12.1 Å². The molecule has 0 unspecified atom stereocenters. The molecule has 0 saturated heterocycles. The van der Waals surface area contributed by atoms with Crippen LogP contribution in [-0.2, 0) is 0 Å². The van der Waals surface area contributed by atoms with Crippen molar-refractivity contribution in [2.75, 3.05) is 0 Å². The van der Waals surface area contributed by atoms with Gasteiger partial charge in [0.25, 0.3) is 0 Å². The lowest BCUT2D eigenvalue weighted by Gasteiger charge is -1.95. The first kappa shape index (κ1) is 8.69. The average Bonchev–Trinajstić information content (AvgIpc) is 2.59. The third kappa shape index (κ3) is 1.23. The molecule has 2 aromatic rings. The fourth-order valence-corrected chi connectivity index (χ4v) is 1.49. The van der Waals surface area contributed by atoms with E-state index in [9.17, 15) is 4.79 Å². The summed E-state index contributed by atoms with van der Waals surface area (Å²) < 4.78 is 0. The minimum atomic E-state index is 0.0536. The van der Waals surface area contributed by atoms with Crippen LogP contribution in [0.15, 0.2) is 24.4 Å². The predicted octanol–water partition coefficient (Wildman–Crippen LogP) is 2.37. The van der Waals surface area contributed by atoms with E-state index < -0.39 is 0 Å². The Bertz CT molecular complexity index is 511. The van der Waals surface area contributed by atoms with E-state index in [0.717, 1.165) is 16.5 Å². The molecule has 1 aromatic carbocycles. The highest BCUT2D eigenvalue weighted by atomic mass is 16.1. The lowest BCUT2D eigenvalue weighted by Crippen LogP contribution is -1.90. The first-order valence-corrected chi connectivity index (χ1v) is 4.35. The van der Waals surface area contributed by atoms with Gasteiger partial charge in [0.2, 0.25) is 0 Å². The summed E-state index contributed by atoms with van der Waals surface area (Å²) in [6, 6.07) is 5.46. The van der Waals surface area contributed by atoms with E-state index in [1.165, 1.54) is 6.21 Å². The van der Waals surface area contributed by atoms with E-state index >= 15 is 0 Å². The monoisotopic (exact) mass is 186 g/mol. The van der Waals surface area contributed by atoms with Gasteiger partial charge in [-0.05, 0) is 13.0 Å². The molecule has 1 aromatic heterocycles. The lowest BCUT2D eigenvalue weighted by molar-refractivity contribution is 0.101. The lowest BCUT2D eigenvalue weighted by atomic mass is 10.1. The first-order valence-electron chi connectivity index (χ1n) is 4.35. The number of carbonyl (C=O) groups is 1. The van der Waals surface area contributed by atoms with Crippen molar-refractivity contribution in [3.8, 4) is 0 Å². The van der Waals surface area contributed by atoms with Gasteiger partial charge >= 0.3 is 0 Å². The van der Waals surface area contributed by atoms with Crippen LogP contribution in [0.4, 0.5) is 0 Å². The van der Waals surface area contributed by atoms with Crippen molar-refractivity contribution in [1.82, 2.24) is 4.98 Å². The van der Waals surface area contributed by atoms with Gasteiger partial charge in [-0.2, -0.15) is 0 Å². The molecule has 0 bridgehead atoms. The summed E-state index contributed by atoms with van der Waals surface area (Å²) in [7, 11) is 0. The van der Waals surface area contributed by atoms with E-state index in [-0.39, 0.29) is 5.78 Å². The van der Waals surface area contributed by atoms with E-state index in [1.807, 2.05) is 12.1 Å². The predicted molar refractivity (Wildman–Crippen MR) is 56.2 cm³/mol. The van der Waals surface area contributed by atoms with Crippen LogP contribution in [0.5, 0.6) is 0 Å². The fourth-order valence-electron chi connectivity index (χ4n) is 1.49. The summed E-state index contributed by atoms with van der Waals surface area (Å²) in [6.45, 7) is 1.54. The third-order valence-corrected chi connectivity index (χ3v) is 2.28. The van der Waals surface area contributed by atoms with Gasteiger partial charge in [0, 0.05) is 34.4 Å². The normalized spacial score (nSPS) is 10.4. The Morgan fingerprint density at radius 1 is 1.50 bits per heavy atom. The van der Waals surface area contributed by atoms with Crippen LogP contribution in [0.1, 0.15) is 22.8 Å². The third-order valence-electron chi connectivity index (χ3n) is 2.28. The maximum absolute atomic E-state index is 11.1. The number of aromatic amines is 1. The second-order valence-electron chi connectivity index (χ2n) is 3.20. The maximum atomic E-state index is 11.1. The highest BCUT2D eigenvalue weighted by molar-refractivity contribution is 6.02. The molecule has 0 aliphatic heterocycles. The number of ketones is 1. The van der Waals surface area contributed by atoms with Crippen LogP contribution in [0.3, 0.4) is 0 Å². The quantitative estimate of drug-likeness (QED) is 0.549. The summed E-state index contributed by atoms with van der Waals surface area (Å²) in [5.41, 5.74) is 2.43. The largest absolute Gasteiger partial charge is 0.360 e. The van der Waals surface area contributed by atoms with Crippen LogP contribution in [0.25, 0.3) is 10.9 Å². The molecule has 0 spiro atoms. The minimum Gasteiger partial charge on any atom is -0.360 e. The van der Waals surface area contributed by atoms with Crippen molar-refractivity contribution in [2.45, 2.75) is 6.92 Å². The number of aromatic nitrogens is 1. The standard InChI is InChI=1S/C11H10N2O/c1-7(14)8-2-3-10-9(5-12)6-13-11(10)4-8/h2-6,12-13H,1H3. The molecule has 0 aliphatic rings. The average molecular weight is 186 g/mol. The molecule has 0 atom stereocenters. The fraction of sp³-hybridized carbons (Fsp3) is 0.0909. The van der Waals surface area contributed by atoms with Crippen molar-refractivity contribution in [2.24, 2.45) is 0 Å². The Hall–Kier alpha value is -1.90. The van der Waals surface area contributed by atoms with Gasteiger partial charge in [-0.15, -0.1) is 0 Å². The van der Waals surface area contributed by atoms with Crippen molar-refractivity contribution >= 4 is 22.9 Å². The molecular formula is C11H10N2O. The van der Waals surface area contributed by atoms with Gasteiger partial charge in [-0.25, -0.2) is 0 Å². The Labute approximate surface area is 81.3 Å². The van der Waals surface area contributed by atoms with Crippen molar-refractivity contribution < 1.29 is 4.79 Å². The molecule has 3 nitrogen and oxygen atoms in total. The van der Waals surface area contributed by atoms with E-state index in [2.05, 4.69) is 4.98 Å². The summed E-state index contributed by atoms with van der Waals surface area (Å²) in [5, 5.41) is 8.15. The summed E-state index contributed by atoms with van der Waals surface area (Å²) >= 11 is 0. The molecule has 0 fully saturated rings.